The van der Waals surface area contributed by atoms with E-state index in [4.69, 9.17) is 15.1 Å². The molecule has 17 heavy (non-hydrogen) atoms. The van der Waals surface area contributed by atoms with Gasteiger partial charge in [-0.1, -0.05) is 12.1 Å². The first-order valence-electron chi connectivity index (χ1n) is 5.07. The number of aliphatic hydroxyl groups is 1. The molecule has 0 aliphatic heterocycles. The summed E-state index contributed by atoms with van der Waals surface area (Å²) >= 11 is 0. The van der Waals surface area contributed by atoms with Crippen molar-refractivity contribution in [2.45, 2.75) is 6.61 Å². The molecule has 1 heterocycles. The number of rotatable bonds is 3. The van der Waals surface area contributed by atoms with Gasteiger partial charge in [0.2, 0.25) is 5.88 Å². The summed E-state index contributed by atoms with van der Waals surface area (Å²) in [5, 5.41) is 18.1. The Bertz CT molecular complexity index is 561. The van der Waals surface area contributed by atoms with E-state index in [1.54, 1.807) is 42.6 Å². The molecule has 0 unspecified atom stereocenters. The normalized spacial score (nSPS) is 9.65. The fourth-order valence-corrected chi connectivity index (χ4v) is 1.39. The Morgan fingerprint density at radius 2 is 2.06 bits per heavy atom. The van der Waals surface area contributed by atoms with Gasteiger partial charge in [0.15, 0.2) is 0 Å². The fourth-order valence-electron chi connectivity index (χ4n) is 1.39. The zero-order valence-electron chi connectivity index (χ0n) is 9.00. The van der Waals surface area contributed by atoms with E-state index in [1.807, 2.05) is 6.07 Å². The lowest BCUT2D eigenvalue weighted by Crippen LogP contribution is -1.95. The Kier molecular flexibility index (Phi) is 3.34. The minimum atomic E-state index is -0.155. The zero-order valence-corrected chi connectivity index (χ0v) is 9.00. The Morgan fingerprint density at radius 3 is 2.82 bits per heavy atom. The molecule has 0 bridgehead atoms. The molecule has 0 atom stereocenters. The molecule has 0 amide bonds. The molecule has 4 nitrogen and oxygen atoms in total. The van der Waals surface area contributed by atoms with E-state index < -0.39 is 0 Å². The predicted molar refractivity (Wildman–Crippen MR) is 61.4 cm³/mol. The van der Waals surface area contributed by atoms with E-state index in [0.29, 0.717) is 22.8 Å². The highest BCUT2D eigenvalue weighted by Crippen LogP contribution is 2.25. The van der Waals surface area contributed by atoms with Crippen molar-refractivity contribution in [2.24, 2.45) is 0 Å². The van der Waals surface area contributed by atoms with Crippen molar-refractivity contribution in [3.63, 3.8) is 0 Å². The van der Waals surface area contributed by atoms with Gasteiger partial charge in [-0.15, -0.1) is 0 Å². The lowest BCUT2D eigenvalue weighted by Gasteiger charge is -2.08. The molecule has 1 aromatic heterocycles. The zero-order chi connectivity index (χ0) is 12.1. The maximum atomic E-state index is 9.14. The number of nitriles is 1. The van der Waals surface area contributed by atoms with E-state index in [-0.39, 0.29) is 6.61 Å². The van der Waals surface area contributed by atoms with Gasteiger partial charge in [-0.25, -0.2) is 4.98 Å². The molecule has 0 radical (unpaired) electrons. The van der Waals surface area contributed by atoms with E-state index in [1.165, 1.54) is 0 Å². The second-order valence-electron chi connectivity index (χ2n) is 3.34. The standard InChI is InChI=1S/C13H10N2O2/c14-8-10-4-1-2-6-12(10)17-13-11(9-16)5-3-7-15-13/h1-7,16H,9H2. The van der Waals surface area contributed by atoms with Crippen molar-refractivity contribution < 1.29 is 9.84 Å². The molecule has 0 fully saturated rings. The van der Waals surface area contributed by atoms with Crippen LogP contribution in [-0.2, 0) is 6.61 Å². The third-order valence-corrected chi connectivity index (χ3v) is 2.23. The van der Waals surface area contributed by atoms with E-state index >= 15 is 0 Å². The quantitative estimate of drug-likeness (QED) is 0.871. The maximum absolute atomic E-state index is 9.14. The first kappa shape index (κ1) is 11.1. The fraction of sp³-hybridized carbons (Fsp3) is 0.0769. The largest absolute Gasteiger partial charge is 0.437 e. The highest BCUT2D eigenvalue weighted by molar-refractivity contribution is 5.44. The molecular formula is C13H10N2O2. The van der Waals surface area contributed by atoms with Crippen molar-refractivity contribution in [1.82, 2.24) is 4.98 Å². The molecule has 1 N–H and O–H groups in total. The molecule has 0 aliphatic rings. The van der Waals surface area contributed by atoms with E-state index in [0.717, 1.165) is 0 Å². The van der Waals surface area contributed by atoms with Crippen LogP contribution >= 0.6 is 0 Å². The molecule has 4 heteroatoms. The van der Waals surface area contributed by atoms with Gasteiger partial charge in [-0.2, -0.15) is 5.26 Å². The van der Waals surface area contributed by atoms with Gasteiger partial charge >= 0.3 is 0 Å². The number of aliphatic hydroxyl groups excluding tert-OH is 1. The minimum Gasteiger partial charge on any atom is -0.437 e. The molecule has 2 rings (SSSR count). The number of nitrogens with zero attached hydrogens (tertiary/aromatic N) is 2. The highest BCUT2D eigenvalue weighted by Gasteiger charge is 2.07. The molecule has 1 aromatic carbocycles. The van der Waals surface area contributed by atoms with Crippen molar-refractivity contribution in [1.29, 1.82) is 5.26 Å². The van der Waals surface area contributed by atoms with E-state index in [2.05, 4.69) is 4.98 Å². The maximum Gasteiger partial charge on any atom is 0.224 e. The van der Waals surface area contributed by atoms with Crippen LogP contribution in [0.5, 0.6) is 11.6 Å². The van der Waals surface area contributed by atoms with Crippen LogP contribution < -0.4 is 4.74 Å². The summed E-state index contributed by atoms with van der Waals surface area (Å²) in [5.41, 5.74) is 1.02. The lowest BCUT2D eigenvalue weighted by molar-refractivity contribution is 0.275. The van der Waals surface area contributed by atoms with Gasteiger partial charge in [-0.05, 0) is 24.3 Å². The summed E-state index contributed by atoms with van der Waals surface area (Å²) in [6, 6.07) is 12.4. The third kappa shape index (κ3) is 2.41. The summed E-state index contributed by atoms with van der Waals surface area (Å²) in [7, 11) is 0. The summed E-state index contributed by atoms with van der Waals surface area (Å²) < 4.78 is 5.53. The van der Waals surface area contributed by atoms with E-state index in [9.17, 15) is 0 Å². The molecule has 84 valence electrons. The average molecular weight is 226 g/mol. The number of ether oxygens (including phenoxy) is 1. The second-order valence-corrected chi connectivity index (χ2v) is 3.34. The van der Waals surface area contributed by atoms with Gasteiger partial charge in [0, 0.05) is 11.8 Å². The topological polar surface area (TPSA) is 66.1 Å². The Balaban J connectivity index is 2.35. The predicted octanol–water partition coefficient (Wildman–Crippen LogP) is 2.24. The first-order chi connectivity index (χ1) is 8.35. The number of aromatic nitrogens is 1. The van der Waals surface area contributed by atoms with Gasteiger partial charge in [0.25, 0.3) is 0 Å². The van der Waals surface area contributed by atoms with Crippen LogP contribution in [-0.4, -0.2) is 10.1 Å². The molecule has 0 spiro atoms. The summed E-state index contributed by atoms with van der Waals surface area (Å²) in [6.45, 7) is -0.155. The number of para-hydroxylation sites is 1. The molecule has 2 aromatic rings. The Hall–Kier alpha value is -2.38. The van der Waals surface area contributed by atoms with Crippen LogP contribution in [0.1, 0.15) is 11.1 Å². The monoisotopic (exact) mass is 226 g/mol. The van der Waals surface area contributed by atoms with Gasteiger partial charge in [0.05, 0.1) is 12.2 Å². The SMILES string of the molecule is N#Cc1ccccc1Oc1ncccc1CO. The second kappa shape index (κ2) is 5.10. The lowest BCUT2D eigenvalue weighted by atomic mass is 10.2. The average Bonchev–Trinajstić information content (AvgIpc) is 2.40. The van der Waals surface area contributed by atoms with Crippen LogP contribution in [0.2, 0.25) is 0 Å². The summed E-state index contributed by atoms with van der Waals surface area (Å²) in [5.74, 6) is 0.751. The molecule has 0 saturated heterocycles. The third-order valence-electron chi connectivity index (χ3n) is 2.23. The number of pyridine rings is 1. The number of hydrogen-bond acceptors (Lipinski definition) is 4. The number of hydrogen-bond donors (Lipinski definition) is 1. The molecule has 0 aliphatic carbocycles. The van der Waals surface area contributed by atoms with Gasteiger partial charge in [0.1, 0.15) is 11.8 Å². The number of benzene rings is 1. The van der Waals surface area contributed by atoms with Crippen molar-refractivity contribution in [2.75, 3.05) is 0 Å². The van der Waals surface area contributed by atoms with Gasteiger partial charge < -0.3 is 9.84 Å². The highest BCUT2D eigenvalue weighted by atomic mass is 16.5. The first-order valence-corrected chi connectivity index (χ1v) is 5.07. The summed E-state index contributed by atoms with van der Waals surface area (Å²) in [4.78, 5) is 4.03. The van der Waals surface area contributed by atoms with Crippen molar-refractivity contribution in [3.05, 3.63) is 53.7 Å². The molecule has 0 saturated carbocycles. The van der Waals surface area contributed by atoms with Crippen molar-refractivity contribution >= 4 is 0 Å². The Labute approximate surface area is 98.7 Å². The van der Waals surface area contributed by atoms with Crippen LogP contribution in [0, 0.1) is 11.3 Å². The summed E-state index contributed by atoms with van der Waals surface area (Å²) in [6.07, 6.45) is 1.57. The van der Waals surface area contributed by atoms with Crippen molar-refractivity contribution in [3.8, 4) is 17.7 Å². The smallest absolute Gasteiger partial charge is 0.224 e. The van der Waals surface area contributed by atoms with Crippen LogP contribution in [0.4, 0.5) is 0 Å². The Morgan fingerprint density at radius 1 is 1.24 bits per heavy atom. The molecular weight excluding hydrogens is 216 g/mol. The van der Waals surface area contributed by atoms with Gasteiger partial charge in [-0.3, -0.25) is 0 Å². The van der Waals surface area contributed by atoms with Crippen LogP contribution in [0.25, 0.3) is 0 Å². The van der Waals surface area contributed by atoms with Crippen LogP contribution in [0.3, 0.4) is 0 Å². The van der Waals surface area contributed by atoms with Crippen LogP contribution in [0.15, 0.2) is 42.6 Å². The minimum absolute atomic E-state index is 0.155.